The van der Waals surface area contributed by atoms with Gasteiger partial charge in [0.25, 0.3) is 0 Å². The molecule has 2 nitrogen and oxygen atoms in total. The van der Waals surface area contributed by atoms with Gasteiger partial charge >= 0.3 is 0 Å². The molecule has 0 saturated heterocycles. The third kappa shape index (κ3) is 8.57. The van der Waals surface area contributed by atoms with E-state index >= 15 is 0 Å². The molecule has 3 aliphatic carbocycles. The van der Waals surface area contributed by atoms with Crippen LogP contribution in [-0.2, 0) is 10.8 Å². The van der Waals surface area contributed by atoms with Crippen LogP contribution in [0.15, 0.2) is 273 Å². The first-order valence-corrected chi connectivity index (χ1v) is 28.9. The van der Waals surface area contributed by atoms with Crippen molar-refractivity contribution in [2.75, 3.05) is 9.80 Å². The Kier molecular flexibility index (Phi) is 11.7. The van der Waals surface area contributed by atoms with Gasteiger partial charge in [0.1, 0.15) is 0 Å². The number of rotatable bonds is 10. The molecule has 0 amide bonds. The van der Waals surface area contributed by atoms with Gasteiger partial charge in [-0.2, -0.15) is 0 Å². The Balaban J connectivity index is 0.671. The zero-order valence-electron chi connectivity index (χ0n) is 46.8. The summed E-state index contributed by atoms with van der Waals surface area (Å²) in [6.07, 6.45) is 14.4. The van der Waals surface area contributed by atoms with Crippen LogP contribution in [0, 0.1) is 5.92 Å². The molecule has 12 aromatic carbocycles. The summed E-state index contributed by atoms with van der Waals surface area (Å²) in [5.74, 6) is 0.695. The van der Waals surface area contributed by atoms with Crippen molar-refractivity contribution in [2.45, 2.75) is 44.4 Å². The van der Waals surface area contributed by atoms with Crippen LogP contribution in [0.25, 0.3) is 73.0 Å². The van der Waals surface area contributed by atoms with Gasteiger partial charge < -0.3 is 9.80 Å². The monoisotopic (exact) mass is 1050 g/mol. The normalized spacial score (nSPS) is 16.5. The van der Waals surface area contributed by atoms with Gasteiger partial charge in [0.2, 0.25) is 0 Å². The molecule has 0 radical (unpaired) electrons. The maximum Gasteiger partial charge on any atom is 0.0468 e. The van der Waals surface area contributed by atoms with Crippen LogP contribution in [-0.4, -0.2) is 0 Å². The van der Waals surface area contributed by atoms with Crippen molar-refractivity contribution in [3.63, 3.8) is 0 Å². The van der Waals surface area contributed by atoms with Crippen molar-refractivity contribution in [2.24, 2.45) is 5.92 Å². The Bertz CT molecular complexity index is 4480. The molecule has 0 N–H and O–H groups in total. The molecule has 12 aromatic rings. The summed E-state index contributed by atoms with van der Waals surface area (Å²) in [5, 5.41) is 9.86. The standard InChI is InChI=1S/C80H62N2/c1-79(2)75-45-55(23-21-53-25-35-65(36-26-53)81(67-39-31-57-13-5-9-17-61(57)47-67)68-40-32-58-14-6-10-18-62(58)48-68)29-43-71(75)73-52-78-74(51-77(73)79)72-44-30-56(46-76(72)80(78,3)4)24-22-54-27-37-66(38-28-54)82(69-41-33-59-15-7-11-19-63(59)49-69)70-42-34-60-16-8-12-20-64(60)50-70/h5-52,73,77H,1-4H3/b23-21+,24-22+. The highest BCUT2D eigenvalue weighted by Crippen LogP contribution is 2.61. The molecule has 0 aliphatic heterocycles. The number of nitrogens with zero attached hydrogens (tertiary/aromatic N) is 2. The van der Waals surface area contributed by atoms with Crippen LogP contribution in [0.3, 0.4) is 0 Å². The van der Waals surface area contributed by atoms with Crippen LogP contribution in [0.1, 0.15) is 78.1 Å². The second-order valence-electron chi connectivity index (χ2n) is 23.9. The largest absolute Gasteiger partial charge is 0.310 e. The maximum absolute atomic E-state index is 2.64. The summed E-state index contributed by atoms with van der Waals surface area (Å²) >= 11 is 0. The summed E-state index contributed by atoms with van der Waals surface area (Å²) in [6.45, 7) is 9.77. The van der Waals surface area contributed by atoms with Crippen LogP contribution in [0.5, 0.6) is 0 Å². The Morgan fingerprint density at radius 1 is 0.317 bits per heavy atom. The van der Waals surface area contributed by atoms with E-state index in [1.54, 1.807) is 0 Å². The van der Waals surface area contributed by atoms with Crippen molar-refractivity contribution >= 4 is 107 Å². The molecule has 0 fully saturated rings. The van der Waals surface area contributed by atoms with E-state index in [0.717, 1.165) is 34.1 Å². The van der Waals surface area contributed by atoms with Gasteiger partial charge in [0, 0.05) is 45.5 Å². The Morgan fingerprint density at radius 3 is 1.10 bits per heavy atom. The highest BCUT2D eigenvalue weighted by molar-refractivity contribution is 5.96. The van der Waals surface area contributed by atoms with Crippen molar-refractivity contribution in [3.05, 3.63) is 317 Å². The quantitative estimate of drug-likeness (QED) is 0.126. The summed E-state index contributed by atoms with van der Waals surface area (Å²) in [5.41, 5.74) is 20.0. The molecule has 82 heavy (non-hydrogen) atoms. The molecule has 2 unspecified atom stereocenters. The number of fused-ring (bicyclic) bond motifs is 10. The van der Waals surface area contributed by atoms with Gasteiger partial charge in [-0.25, -0.2) is 0 Å². The van der Waals surface area contributed by atoms with Gasteiger partial charge in [-0.15, -0.1) is 0 Å². The molecule has 0 heterocycles. The summed E-state index contributed by atoms with van der Waals surface area (Å²) < 4.78 is 0. The fourth-order valence-corrected chi connectivity index (χ4v) is 13.7. The number of allylic oxidation sites excluding steroid dienone is 4. The average molecular weight is 1050 g/mol. The Hall–Kier alpha value is -9.76. The van der Waals surface area contributed by atoms with Crippen molar-refractivity contribution in [1.82, 2.24) is 0 Å². The van der Waals surface area contributed by atoms with Crippen molar-refractivity contribution in [1.29, 1.82) is 0 Å². The predicted octanol–water partition coefficient (Wildman–Crippen LogP) is 21.9. The highest BCUT2D eigenvalue weighted by Gasteiger charge is 2.50. The van der Waals surface area contributed by atoms with Gasteiger partial charge in [-0.3, -0.25) is 0 Å². The van der Waals surface area contributed by atoms with E-state index < -0.39 is 0 Å². The van der Waals surface area contributed by atoms with Crippen LogP contribution < -0.4 is 9.80 Å². The van der Waals surface area contributed by atoms with Crippen LogP contribution in [0.2, 0.25) is 0 Å². The zero-order valence-corrected chi connectivity index (χ0v) is 46.8. The van der Waals surface area contributed by atoms with E-state index in [1.165, 1.54) is 98.7 Å². The van der Waals surface area contributed by atoms with E-state index in [2.05, 4.69) is 329 Å². The minimum Gasteiger partial charge on any atom is -0.310 e. The van der Waals surface area contributed by atoms with Gasteiger partial charge in [0.15, 0.2) is 0 Å². The third-order valence-electron chi connectivity index (χ3n) is 18.2. The fraction of sp³-hybridized carbons (Fsp3) is 0.100. The van der Waals surface area contributed by atoms with E-state index in [0.29, 0.717) is 11.8 Å². The van der Waals surface area contributed by atoms with E-state index in [-0.39, 0.29) is 10.8 Å². The van der Waals surface area contributed by atoms with Crippen LogP contribution >= 0.6 is 0 Å². The molecular formula is C80H62N2. The lowest BCUT2D eigenvalue weighted by Crippen LogP contribution is -2.27. The number of hydrogen-bond donors (Lipinski definition) is 0. The van der Waals surface area contributed by atoms with E-state index in [4.69, 9.17) is 0 Å². The topological polar surface area (TPSA) is 6.48 Å². The second kappa shape index (κ2) is 19.5. The minimum absolute atomic E-state index is 0.0391. The zero-order chi connectivity index (χ0) is 55.1. The molecule has 2 atom stereocenters. The summed E-state index contributed by atoms with van der Waals surface area (Å²) in [6, 6.07) is 93.8. The third-order valence-corrected chi connectivity index (χ3v) is 18.2. The molecule has 2 heteroatoms. The number of hydrogen-bond acceptors (Lipinski definition) is 2. The van der Waals surface area contributed by atoms with E-state index in [9.17, 15) is 0 Å². The Morgan fingerprint density at radius 2 is 0.671 bits per heavy atom. The van der Waals surface area contributed by atoms with Crippen LogP contribution in [0.4, 0.5) is 34.1 Å². The molecule has 0 bridgehead atoms. The first-order chi connectivity index (χ1) is 40.1. The fourth-order valence-electron chi connectivity index (χ4n) is 13.7. The average Bonchev–Trinajstić information content (AvgIpc) is 3.90. The lowest BCUT2D eigenvalue weighted by atomic mass is 9.70. The smallest absolute Gasteiger partial charge is 0.0468 e. The van der Waals surface area contributed by atoms with Gasteiger partial charge in [0.05, 0.1) is 0 Å². The number of benzene rings is 12. The predicted molar refractivity (Wildman–Crippen MR) is 351 cm³/mol. The molecular weight excluding hydrogens is 989 g/mol. The highest BCUT2D eigenvalue weighted by atomic mass is 15.1. The van der Waals surface area contributed by atoms with E-state index in [1.807, 2.05) is 0 Å². The Labute approximate surface area is 481 Å². The minimum atomic E-state index is -0.125. The van der Waals surface area contributed by atoms with Crippen molar-refractivity contribution in [3.8, 4) is 0 Å². The molecule has 3 aliphatic rings. The van der Waals surface area contributed by atoms with Gasteiger partial charge in [-0.1, -0.05) is 246 Å². The molecule has 0 spiro atoms. The first-order valence-electron chi connectivity index (χ1n) is 28.9. The van der Waals surface area contributed by atoms with Gasteiger partial charge in [-0.05, 0) is 183 Å². The lowest BCUT2D eigenvalue weighted by molar-refractivity contribution is 0.393. The maximum atomic E-state index is 2.64. The van der Waals surface area contributed by atoms with Crippen molar-refractivity contribution < 1.29 is 0 Å². The first kappa shape index (κ1) is 49.3. The number of anilines is 6. The SMILES string of the molecule is CC1(C)C2=CC3c4ccc(/C=C/c5ccc(N(c6ccc7ccccc7c6)c6ccc7ccccc7c6)cc5)cc4C(C)(C)C3C=C2c2ccc(/C=C/c3ccc(N(c4ccc5ccccc5c4)c4ccc5ccccc5c4)cc3)cc21. The summed E-state index contributed by atoms with van der Waals surface area (Å²) in [7, 11) is 0. The molecule has 392 valence electrons. The molecule has 15 rings (SSSR count). The molecule has 0 saturated carbocycles. The lowest BCUT2D eigenvalue weighted by Gasteiger charge is -2.33. The summed E-state index contributed by atoms with van der Waals surface area (Å²) in [4.78, 5) is 4.74. The molecule has 0 aromatic heterocycles. The second-order valence-corrected chi connectivity index (χ2v) is 23.9.